The largest absolute Gasteiger partial charge is 0.399 e. The van der Waals surface area contributed by atoms with E-state index in [1.165, 1.54) is 0 Å². The summed E-state index contributed by atoms with van der Waals surface area (Å²) in [6.07, 6.45) is 0.0427. The number of nitrogens with two attached hydrogens (primary N) is 1. The Kier molecular flexibility index (Phi) is 3.75. The van der Waals surface area contributed by atoms with E-state index in [4.69, 9.17) is 5.73 Å². The molecule has 0 fully saturated rings. The van der Waals surface area contributed by atoms with Crippen LogP contribution in [0.5, 0.6) is 0 Å². The van der Waals surface area contributed by atoms with E-state index in [2.05, 4.69) is 5.32 Å². The van der Waals surface area contributed by atoms with Crippen LogP contribution >= 0.6 is 0 Å². The zero-order valence-corrected chi connectivity index (χ0v) is 9.99. The van der Waals surface area contributed by atoms with Crippen molar-refractivity contribution in [1.82, 2.24) is 0 Å². The summed E-state index contributed by atoms with van der Waals surface area (Å²) in [5.41, 5.74) is 6.66. The molecule has 0 heterocycles. The minimum Gasteiger partial charge on any atom is -0.399 e. The molecule has 0 aromatic heterocycles. The Balaban J connectivity index is 2.07. The topological polar surface area (TPSA) is 55.1 Å². The van der Waals surface area contributed by atoms with Gasteiger partial charge in [-0.25, -0.2) is 8.78 Å². The minimum absolute atomic E-state index is 0.0427. The van der Waals surface area contributed by atoms with Crippen LogP contribution < -0.4 is 11.1 Å². The van der Waals surface area contributed by atoms with Crippen LogP contribution in [0.3, 0.4) is 0 Å². The zero-order valence-electron chi connectivity index (χ0n) is 9.99. The van der Waals surface area contributed by atoms with Crippen LogP contribution in [-0.4, -0.2) is 5.91 Å². The van der Waals surface area contributed by atoms with E-state index in [-0.39, 0.29) is 12.1 Å². The number of anilines is 2. The quantitative estimate of drug-likeness (QED) is 0.836. The number of carbonyl (C=O) groups excluding carboxylic acids is 1. The molecule has 3 N–H and O–H groups in total. The molecule has 0 bridgehead atoms. The minimum atomic E-state index is -0.678. The fourth-order valence-electron chi connectivity index (χ4n) is 1.68. The van der Waals surface area contributed by atoms with Crippen LogP contribution in [0, 0.1) is 11.6 Å². The third kappa shape index (κ3) is 3.51. The van der Waals surface area contributed by atoms with Gasteiger partial charge in [0.15, 0.2) is 0 Å². The Morgan fingerprint density at radius 2 is 1.95 bits per heavy atom. The lowest BCUT2D eigenvalue weighted by Crippen LogP contribution is -2.15. The summed E-state index contributed by atoms with van der Waals surface area (Å²) in [6.45, 7) is 0. The number of hydrogen-bond acceptors (Lipinski definition) is 2. The molecule has 1 amide bonds. The van der Waals surface area contributed by atoms with E-state index < -0.39 is 17.5 Å². The molecule has 2 rings (SSSR count). The van der Waals surface area contributed by atoms with Crippen LogP contribution in [0.15, 0.2) is 42.5 Å². The maximum atomic E-state index is 13.3. The van der Waals surface area contributed by atoms with Crippen molar-refractivity contribution < 1.29 is 13.6 Å². The number of halogens is 2. The summed E-state index contributed by atoms with van der Waals surface area (Å²) in [7, 11) is 0. The third-order valence-electron chi connectivity index (χ3n) is 2.52. The van der Waals surface area contributed by atoms with Crippen LogP contribution in [-0.2, 0) is 11.2 Å². The maximum absolute atomic E-state index is 13.3. The Morgan fingerprint density at radius 3 is 2.68 bits per heavy atom. The molecule has 5 heteroatoms. The average molecular weight is 262 g/mol. The second kappa shape index (κ2) is 5.48. The standard InChI is InChI=1S/C14H12F2N2O/c15-10-4-5-12(16)13(8-10)18-14(19)7-9-2-1-3-11(17)6-9/h1-6,8H,7,17H2,(H,18,19). The van der Waals surface area contributed by atoms with E-state index in [0.717, 1.165) is 18.2 Å². The first-order chi connectivity index (χ1) is 9.04. The van der Waals surface area contributed by atoms with Crippen LogP contribution in [0.25, 0.3) is 0 Å². The van der Waals surface area contributed by atoms with Crippen molar-refractivity contribution in [1.29, 1.82) is 0 Å². The molecule has 0 radical (unpaired) electrons. The number of carbonyl (C=O) groups is 1. The molecular formula is C14H12F2N2O. The van der Waals surface area contributed by atoms with E-state index in [9.17, 15) is 13.6 Å². The van der Waals surface area contributed by atoms with Crippen molar-refractivity contribution >= 4 is 17.3 Å². The smallest absolute Gasteiger partial charge is 0.228 e. The van der Waals surface area contributed by atoms with Gasteiger partial charge in [-0.1, -0.05) is 12.1 Å². The highest BCUT2D eigenvalue weighted by atomic mass is 19.1. The second-order valence-electron chi connectivity index (χ2n) is 4.09. The van der Waals surface area contributed by atoms with Crippen molar-refractivity contribution in [3.05, 3.63) is 59.7 Å². The van der Waals surface area contributed by atoms with Crippen molar-refractivity contribution in [2.24, 2.45) is 0 Å². The number of amides is 1. The number of hydrogen-bond donors (Lipinski definition) is 2. The van der Waals surface area contributed by atoms with E-state index >= 15 is 0 Å². The van der Waals surface area contributed by atoms with Gasteiger partial charge in [0.25, 0.3) is 0 Å². The fourth-order valence-corrected chi connectivity index (χ4v) is 1.68. The van der Waals surface area contributed by atoms with Crippen LogP contribution in [0.1, 0.15) is 5.56 Å². The van der Waals surface area contributed by atoms with E-state index in [0.29, 0.717) is 11.3 Å². The predicted octanol–water partition coefficient (Wildman–Crippen LogP) is 2.73. The van der Waals surface area contributed by atoms with Gasteiger partial charge in [-0.3, -0.25) is 4.79 Å². The molecule has 19 heavy (non-hydrogen) atoms. The SMILES string of the molecule is Nc1cccc(CC(=O)Nc2cc(F)ccc2F)c1. The summed E-state index contributed by atoms with van der Waals surface area (Å²) in [5.74, 6) is -1.72. The lowest BCUT2D eigenvalue weighted by Gasteiger charge is -2.07. The predicted molar refractivity (Wildman–Crippen MR) is 69.5 cm³/mol. The number of nitrogens with one attached hydrogen (secondary N) is 1. The van der Waals surface area contributed by atoms with Gasteiger partial charge in [0, 0.05) is 11.8 Å². The van der Waals surface area contributed by atoms with Gasteiger partial charge in [-0.05, 0) is 29.8 Å². The number of nitrogen functional groups attached to an aromatic ring is 1. The summed E-state index contributed by atoms with van der Waals surface area (Å²) < 4.78 is 26.3. The molecular weight excluding hydrogens is 250 g/mol. The van der Waals surface area contributed by atoms with Crippen molar-refractivity contribution in [2.75, 3.05) is 11.1 Å². The molecule has 3 nitrogen and oxygen atoms in total. The van der Waals surface area contributed by atoms with Crippen LogP contribution in [0.4, 0.5) is 20.2 Å². The van der Waals surface area contributed by atoms with Crippen LogP contribution in [0.2, 0.25) is 0 Å². The maximum Gasteiger partial charge on any atom is 0.228 e. The molecule has 0 spiro atoms. The first kappa shape index (κ1) is 13.0. The van der Waals surface area contributed by atoms with Gasteiger partial charge < -0.3 is 11.1 Å². The number of rotatable bonds is 3. The van der Waals surface area contributed by atoms with Gasteiger partial charge >= 0.3 is 0 Å². The molecule has 98 valence electrons. The molecule has 2 aromatic rings. The van der Waals surface area contributed by atoms with Gasteiger partial charge in [-0.2, -0.15) is 0 Å². The molecule has 0 unspecified atom stereocenters. The zero-order chi connectivity index (χ0) is 13.8. The molecule has 0 saturated heterocycles. The third-order valence-corrected chi connectivity index (χ3v) is 2.52. The summed E-state index contributed by atoms with van der Waals surface area (Å²) >= 11 is 0. The van der Waals surface area contributed by atoms with Crippen molar-refractivity contribution in [2.45, 2.75) is 6.42 Å². The van der Waals surface area contributed by atoms with Gasteiger partial charge in [-0.15, -0.1) is 0 Å². The molecule has 0 aliphatic carbocycles. The first-order valence-electron chi connectivity index (χ1n) is 5.64. The highest BCUT2D eigenvalue weighted by Gasteiger charge is 2.09. The van der Waals surface area contributed by atoms with E-state index in [1.807, 2.05) is 0 Å². The lowest BCUT2D eigenvalue weighted by atomic mass is 10.1. The van der Waals surface area contributed by atoms with Gasteiger partial charge in [0.05, 0.1) is 12.1 Å². The summed E-state index contributed by atoms with van der Waals surface area (Å²) in [4.78, 5) is 11.7. The fraction of sp³-hybridized carbons (Fsp3) is 0.0714. The van der Waals surface area contributed by atoms with Gasteiger partial charge in [0.2, 0.25) is 5.91 Å². The molecule has 0 aliphatic rings. The Morgan fingerprint density at radius 1 is 1.16 bits per heavy atom. The summed E-state index contributed by atoms with van der Waals surface area (Å²) in [6, 6.07) is 9.70. The molecule has 0 aliphatic heterocycles. The Labute approximate surface area is 109 Å². The Bertz CT molecular complexity index is 614. The Hall–Kier alpha value is -2.43. The van der Waals surface area contributed by atoms with Gasteiger partial charge in [0.1, 0.15) is 11.6 Å². The highest BCUT2D eigenvalue weighted by molar-refractivity contribution is 5.92. The highest BCUT2D eigenvalue weighted by Crippen LogP contribution is 2.16. The monoisotopic (exact) mass is 262 g/mol. The average Bonchev–Trinajstić information content (AvgIpc) is 2.34. The second-order valence-corrected chi connectivity index (χ2v) is 4.09. The first-order valence-corrected chi connectivity index (χ1v) is 5.64. The van der Waals surface area contributed by atoms with Crippen molar-refractivity contribution in [3.63, 3.8) is 0 Å². The molecule has 0 atom stereocenters. The normalized spacial score (nSPS) is 10.2. The summed E-state index contributed by atoms with van der Waals surface area (Å²) in [5, 5.41) is 2.32. The molecule has 0 saturated carbocycles. The van der Waals surface area contributed by atoms with Crippen molar-refractivity contribution in [3.8, 4) is 0 Å². The van der Waals surface area contributed by atoms with E-state index in [1.54, 1.807) is 24.3 Å². The molecule has 2 aromatic carbocycles. The lowest BCUT2D eigenvalue weighted by molar-refractivity contribution is -0.115. The number of benzene rings is 2.